The van der Waals surface area contributed by atoms with Gasteiger partial charge >= 0.3 is 0 Å². The summed E-state index contributed by atoms with van der Waals surface area (Å²) in [5.41, 5.74) is 1.28. The Morgan fingerprint density at radius 3 is 2.64 bits per heavy atom. The highest BCUT2D eigenvalue weighted by molar-refractivity contribution is 5.79. The van der Waals surface area contributed by atoms with Crippen LogP contribution in [-0.4, -0.2) is 34.5 Å². The molecule has 4 nitrogen and oxygen atoms in total. The van der Waals surface area contributed by atoms with Crippen molar-refractivity contribution in [2.45, 2.75) is 45.8 Å². The Balaban J connectivity index is 1.73. The molecule has 2 heterocycles. The number of fused-ring (bicyclic) bond motifs is 1. The smallest absolute Gasteiger partial charge is 0.170 e. The van der Waals surface area contributed by atoms with Gasteiger partial charge in [0, 0.05) is 35.9 Å². The Bertz CT molecular complexity index is 654. The normalized spacial score (nSPS) is 19.7. The standard InChI is InChI=1S/C17H23FN2O2/c1-17(2,3)16(21)20-8-6-11(7-9-20)15-13-5-4-12(18)10-14(13)22-19-15/h4-5,10-11,16,21H,6-9H2,1-3H3. The molecule has 1 atom stereocenters. The average Bonchev–Trinajstić information content (AvgIpc) is 2.88. The number of aliphatic hydroxyl groups is 1. The fourth-order valence-electron chi connectivity index (χ4n) is 3.19. The van der Waals surface area contributed by atoms with Gasteiger partial charge in [-0.3, -0.25) is 4.90 Å². The minimum Gasteiger partial charge on any atom is -0.378 e. The number of hydrogen-bond acceptors (Lipinski definition) is 4. The maximum absolute atomic E-state index is 13.2. The topological polar surface area (TPSA) is 49.5 Å². The Hall–Kier alpha value is -1.46. The van der Waals surface area contributed by atoms with Gasteiger partial charge in [-0.25, -0.2) is 4.39 Å². The summed E-state index contributed by atoms with van der Waals surface area (Å²) in [7, 11) is 0. The second kappa shape index (κ2) is 5.63. The van der Waals surface area contributed by atoms with Crippen LogP contribution in [0.4, 0.5) is 4.39 Å². The highest BCUT2D eigenvalue weighted by Crippen LogP contribution is 2.34. The quantitative estimate of drug-likeness (QED) is 0.922. The Kier molecular flexibility index (Phi) is 3.95. The molecule has 3 rings (SSSR count). The average molecular weight is 306 g/mol. The SMILES string of the molecule is CC(C)(C)C(O)N1CCC(c2noc3cc(F)ccc23)CC1. The molecule has 1 N–H and O–H groups in total. The van der Waals surface area contributed by atoms with Crippen molar-refractivity contribution in [1.82, 2.24) is 10.1 Å². The first-order valence-corrected chi connectivity index (χ1v) is 7.83. The van der Waals surface area contributed by atoms with Gasteiger partial charge < -0.3 is 9.63 Å². The van der Waals surface area contributed by atoms with Crippen LogP contribution in [0.1, 0.15) is 45.2 Å². The van der Waals surface area contributed by atoms with Gasteiger partial charge in [-0.1, -0.05) is 25.9 Å². The van der Waals surface area contributed by atoms with Crippen molar-refractivity contribution in [2.24, 2.45) is 5.41 Å². The van der Waals surface area contributed by atoms with E-state index in [1.54, 1.807) is 6.07 Å². The lowest BCUT2D eigenvalue weighted by molar-refractivity contribution is -0.0800. The van der Waals surface area contributed by atoms with Crippen molar-refractivity contribution in [2.75, 3.05) is 13.1 Å². The summed E-state index contributed by atoms with van der Waals surface area (Å²) >= 11 is 0. The summed E-state index contributed by atoms with van der Waals surface area (Å²) in [5.74, 6) is -0.00607. The zero-order valence-corrected chi connectivity index (χ0v) is 13.3. The van der Waals surface area contributed by atoms with E-state index in [0.717, 1.165) is 37.0 Å². The van der Waals surface area contributed by atoms with Crippen molar-refractivity contribution in [3.8, 4) is 0 Å². The molecule has 5 heteroatoms. The van der Waals surface area contributed by atoms with Crippen molar-refractivity contribution < 1.29 is 14.0 Å². The maximum Gasteiger partial charge on any atom is 0.170 e. The zero-order chi connectivity index (χ0) is 15.9. The van der Waals surface area contributed by atoms with E-state index >= 15 is 0 Å². The molecule has 1 fully saturated rings. The number of likely N-dealkylation sites (tertiary alicyclic amines) is 1. The Labute approximate surface area is 129 Å². The van der Waals surface area contributed by atoms with Gasteiger partial charge in [0.05, 0.1) is 5.69 Å². The molecule has 0 amide bonds. The lowest BCUT2D eigenvalue weighted by Gasteiger charge is -2.40. The van der Waals surface area contributed by atoms with Crippen LogP contribution in [0.2, 0.25) is 0 Å². The molecule has 0 spiro atoms. The van der Waals surface area contributed by atoms with E-state index in [4.69, 9.17) is 4.52 Å². The van der Waals surface area contributed by atoms with Crippen LogP contribution in [-0.2, 0) is 0 Å². The molecular weight excluding hydrogens is 283 g/mol. The van der Waals surface area contributed by atoms with Crippen molar-refractivity contribution in [3.63, 3.8) is 0 Å². The Morgan fingerprint density at radius 1 is 1.32 bits per heavy atom. The number of nitrogens with zero attached hydrogens (tertiary/aromatic N) is 2. The van der Waals surface area contributed by atoms with Crippen LogP contribution in [0, 0.1) is 11.2 Å². The Morgan fingerprint density at radius 2 is 2.00 bits per heavy atom. The predicted molar refractivity (Wildman–Crippen MR) is 83.0 cm³/mol. The molecular formula is C17H23FN2O2. The number of halogens is 1. The number of aliphatic hydroxyl groups excluding tert-OH is 1. The summed E-state index contributed by atoms with van der Waals surface area (Å²) in [6, 6.07) is 4.57. The van der Waals surface area contributed by atoms with Crippen molar-refractivity contribution >= 4 is 11.0 Å². The monoisotopic (exact) mass is 306 g/mol. The molecule has 1 unspecified atom stereocenters. The lowest BCUT2D eigenvalue weighted by Crippen LogP contribution is -2.47. The van der Waals surface area contributed by atoms with E-state index in [9.17, 15) is 9.50 Å². The minimum atomic E-state index is -0.434. The first kappa shape index (κ1) is 15.4. The van der Waals surface area contributed by atoms with Gasteiger partial charge in [0.1, 0.15) is 12.0 Å². The number of rotatable bonds is 2. The third-order valence-electron chi connectivity index (χ3n) is 4.50. The molecule has 1 aliphatic heterocycles. The maximum atomic E-state index is 13.2. The molecule has 1 saturated heterocycles. The first-order chi connectivity index (χ1) is 10.4. The number of hydrogen-bond donors (Lipinski definition) is 1. The van der Waals surface area contributed by atoms with Crippen LogP contribution in [0.3, 0.4) is 0 Å². The van der Waals surface area contributed by atoms with Crippen LogP contribution in [0.15, 0.2) is 22.7 Å². The molecule has 1 aromatic heterocycles. The molecule has 1 aromatic carbocycles. The van der Waals surface area contributed by atoms with Gasteiger partial charge in [0.15, 0.2) is 5.58 Å². The molecule has 120 valence electrons. The van der Waals surface area contributed by atoms with Gasteiger partial charge in [-0.15, -0.1) is 0 Å². The van der Waals surface area contributed by atoms with Crippen LogP contribution >= 0.6 is 0 Å². The van der Waals surface area contributed by atoms with E-state index in [0.29, 0.717) is 11.5 Å². The summed E-state index contributed by atoms with van der Waals surface area (Å²) < 4.78 is 18.5. The van der Waals surface area contributed by atoms with E-state index in [1.807, 2.05) is 20.8 Å². The van der Waals surface area contributed by atoms with E-state index in [2.05, 4.69) is 10.1 Å². The molecule has 0 saturated carbocycles. The van der Waals surface area contributed by atoms with Gasteiger partial charge in [-0.2, -0.15) is 0 Å². The first-order valence-electron chi connectivity index (χ1n) is 7.83. The third kappa shape index (κ3) is 2.88. The summed E-state index contributed by atoms with van der Waals surface area (Å²) in [4.78, 5) is 2.12. The zero-order valence-electron chi connectivity index (χ0n) is 13.3. The van der Waals surface area contributed by atoms with E-state index in [1.165, 1.54) is 12.1 Å². The predicted octanol–water partition coefficient (Wildman–Crippen LogP) is 3.51. The lowest BCUT2D eigenvalue weighted by atomic mass is 9.88. The summed E-state index contributed by atoms with van der Waals surface area (Å²) in [6.07, 6.45) is 1.41. The number of aromatic nitrogens is 1. The molecule has 0 radical (unpaired) electrons. The summed E-state index contributed by atoms with van der Waals surface area (Å²) in [6.45, 7) is 7.80. The highest BCUT2D eigenvalue weighted by Gasteiger charge is 2.32. The second-order valence-electron chi connectivity index (χ2n) is 7.26. The van der Waals surface area contributed by atoms with Crippen molar-refractivity contribution in [3.05, 3.63) is 29.7 Å². The van der Waals surface area contributed by atoms with E-state index < -0.39 is 6.23 Å². The van der Waals surface area contributed by atoms with Crippen molar-refractivity contribution in [1.29, 1.82) is 0 Å². The molecule has 22 heavy (non-hydrogen) atoms. The number of piperidine rings is 1. The largest absolute Gasteiger partial charge is 0.378 e. The molecule has 0 aliphatic carbocycles. The minimum absolute atomic E-state index is 0.148. The molecule has 1 aliphatic rings. The molecule has 2 aromatic rings. The van der Waals surface area contributed by atoms with Crippen LogP contribution in [0.25, 0.3) is 11.0 Å². The van der Waals surface area contributed by atoms with Crippen LogP contribution < -0.4 is 0 Å². The van der Waals surface area contributed by atoms with Crippen LogP contribution in [0.5, 0.6) is 0 Å². The highest BCUT2D eigenvalue weighted by atomic mass is 19.1. The fraction of sp³-hybridized carbons (Fsp3) is 0.588. The summed E-state index contributed by atoms with van der Waals surface area (Å²) in [5, 5.41) is 15.4. The van der Waals surface area contributed by atoms with Gasteiger partial charge in [0.2, 0.25) is 0 Å². The third-order valence-corrected chi connectivity index (χ3v) is 4.50. The van der Waals surface area contributed by atoms with Gasteiger partial charge in [-0.05, 0) is 25.0 Å². The number of benzene rings is 1. The van der Waals surface area contributed by atoms with E-state index in [-0.39, 0.29) is 11.2 Å². The fourth-order valence-corrected chi connectivity index (χ4v) is 3.19. The molecule has 0 bridgehead atoms. The van der Waals surface area contributed by atoms with Gasteiger partial charge in [0.25, 0.3) is 0 Å². The second-order valence-corrected chi connectivity index (χ2v) is 7.26.